The van der Waals surface area contributed by atoms with Gasteiger partial charge in [-0.25, -0.2) is 8.42 Å². The molecule has 1 aromatic carbocycles. The average molecular weight is 267 g/mol. The van der Waals surface area contributed by atoms with E-state index in [0.29, 0.717) is 5.69 Å². The summed E-state index contributed by atoms with van der Waals surface area (Å²) in [6, 6.07) is 7.22. The predicted molar refractivity (Wildman–Crippen MR) is 73.3 cm³/mol. The molecule has 4 nitrogen and oxygen atoms in total. The minimum Gasteiger partial charge on any atom is -0.325 e. The van der Waals surface area contributed by atoms with Crippen LogP contribution in [0.4, 0.5) is 5.69 Å². The van der Waals surface area contributed by atoms with Crippen molar-refractivity contribution < 1.29 is 13.2 Å². The Hall–Kier alpha value is -1.62. The van der Waals surface area contributed by atoms with Crippen LogP contribution in [-0.2, 0) is 14.6 Å². The molecule has 0 bridgehead atoms. The summed E-state index contributed by atoms with van der Waals surface area (Å²) >= 11 is 0. The van der Waals surface area contributed by atoms with Gasteiger partial charge in [-0.05, 0) is 31.5 Å². The van der Waals surface area contributed by atoms with Crippen molar-refractivity contribution in [2.45, 2.75) is 13.8 Å². The van der Waals surface area contributed by atoms with Crippen LogP contribution in [0.2, 0.25) is 0 Å². The van der Waals surface area contributed by atoms with E-state index in [-0.39, 0.29) is 5.75 Å². The van der Waals surface area contributed by atoms with E-state index in [1.165, 1.54) is 6.08 Å². The zero-order valence-electron chi connectivity index (χ0n) is 10.5. The smallest absolute Gasteiger partial charge is 0.239 e. The van der Waals surface area contributed by atoms with Crippen LogP contribution in [0.25, 0.3) is 0 Å². The first-order valence-corrected chi connectivity index (χ1v) is 7.43. The molecule has 0 aliphatic heterocycles. The van der Waals surface area contributed by atoms with Gasteiger partial charge in [0.15, 0.2) is 9.84 Å². The highest BCUT2D eigenvalue weighted by molar-refractivity contribution is 7.92. The third-order valence-electron chi connectivity index (χ3n) is 2.24. The molecule has 0 heterocycles. The largest absolute Gasteiger partial charge is 0.325 e. The Kier molecular flexibility index (Phi) is 5.09. The van der Waals surface area contributed by atoms with E-state index in [0.717, 1.165) is 5.56 Å². The molecule has 0 radical (unpaired) electrons. The Balaban J connectivity index is 2.62. The summed E-state index contributed by atoms with van der Waals surface area (Å²) in [5.74, 6) is -1.11. The van der Waals surface area contributed by atoms with Gasteiger partial charge in [-0.1, -0.05) is 24.3 Å². The van der Waals surface area contributed by atoms with Crippen LogP contribution >= 0.6 is 0 Å². The number of nitrogens with one attached hydrogen (secondary N) is 1. The third-order valence-corrected chi connectivity index (χ3v) is 3.64. The van der Waals surface area contributed by atoms with Crippen LogP contribution in [0.5, 0.6) is 0 Å². The normalized spacial score (nSPS) is 11.7. The number of hydrogen-bond acceptors (Lipinski definition) is 3. The number of hydrogen-bond donors (Lipinski definition) is 1. The van der Waals surface area contributed by atoms with Gasteiger partial charge in [0.1, 0.15) is 5.75 Å². The molecule has 1 rings (SSSR count). The van der Waals surface area contributed by atoms with E-state index in [1.807, 2.05) is 13.0 Å². The predicted octanol–water partition coefficient (Wildman–Crippen LogP) is 1.92. The van der Waals surface area contributed by atoms with Gasteiger partial charge in [-0.3, -0.25) is 4.79 Å². The number of benzene rings is 1. The lowest BCUT2D eigenvalue weighted by Crippen LogP contribution is -2.24. The van der Waals surface area contributed by atoms with Gasteiger partial charge >= 0.3 is 0 Å². The molecule has 5 heteroatoms. The summed E-state index contributed by atoms with van der Waals surface area (Å²) < 4.78 is 23.1. The Morgan fingerprint density at radius 3 is 2.72 bits per heavy atom. The van der Waals surface area contributed by atoms with Gasteiger partial charge in [0.05, 0.1) is 5.75 Å². The lowest BCUT2D eigenvalue weighted by molar-refractivity contribution is -0.113. The molecule has 1 amide bonds. The van der Waals surface area contributed by atoms with Crippen LogP contribution in [0.1, 0.15) is 12.5 Å². The molecule has 1 aromatic rings. The highest BCUT2D eigenvalue weighted by atomic mass is 32.2. The highest BCUT2D eigenvalue weighted by Crippen LogP contribution is 2.09. The van der Waals surface area contributed by atoms with Crippen molar-refractivity contribution in [1.29, 1.82) is 0 Å². The summed E-state index contributed by atoms with van der Waals surface area (Å²) in [7, 11) is -3.37. The molecule has 0 atom stereocenters. The summed E-state index contributed by atoms with van der Waals surface area (Å²) in [4.78, 5) is 11.6. The van der Waals surface area contributed by atoms with E-state index >= 15 is 0 Å². The molecular weight excluding hydrogens is 250 g/mol. The van der Waals surface area contributed by atoms with Crippen molar-refractivity contribution in [3.8, 4) is 0 Å². The monoisotopic (exact) mass is 267 g/mol. The number of rotatable bonds is 5. The molecule has 0 aliphatic carbocycles. The second-order valence-electron chi connectivity index (χ2n) is 4.04. The summed E-state index contributed by atoms with van der Waals surface area (Å²) in [6.45, 7) is 3.64. The van der Waals surface area contributed by atoms with Crippen LogP contribution < -0.4 is 5.32 Å². The Labute approximate surface area is 108 Å². The number of carbonyl (C=O) groups is 1. The molecule has 0 unspecified atom stereocenters. The average Bonchev–Trinajstić information content (AvgIpc) is 2.25. The number of anilines is 1. The van der Waals surface area contributed by atoms with Crippen molar-refractivity contribution in [3.63, 3.8) is 0 Å². The maximum absolute atomic E-state index is 11.6. The fourth-order valence-corrected chi connectivity index (χ4v) is 2.50. The Bertz CT molecular complexity index is 547. The first kappa shape index (κ1) is 14.4. The van der Waals surface area contributed by atoms with Crippen molar-refractivity contribution in [1.82, 2.24) is 0 Å². The summed E-state index contributed by atoms with van der Waals surface area (Å²) in [5, 5.41) is 2.57. The quantitative estimate of drug-likeness (QED) is 0.829. The second kappa shape index (κ2) is 6.35. The minimum absolute atomic E-state index is 0.106. The molecule has 0 aliphatic rings. The lowest BCUT2D eigenvalue weighted by Gasteiger charge is -2.05. The molecular formula is C13H17NO3S. The molecule has 18 heavy (non-hydrogen) atoms. The minimum atomic E-state index is -3.37. The van der Waals surface area contributed by atoms with E-state index < -0.39 is 21.5 Å². The molecule has 0 spiro atoms. The maximum Gasteiger partial charge on any atom is 0.239 e. The number of sulfone groups is 1. The third kappa shape index (κ3) is 5.14. The van der Waals surface area contributed by atoms with Gasteiger partial charge < -0.3 is 5.32 Å². The first-order valence-electron chi connectivity index (χ1n) is 5.61. The van der Waals surface area contributed by atoms with Gasteiger partial charge in [-0.15, -0.1) is 0 Å². The van der Waals surface area contributed by atoms with Crippen molar-refractivity contribution in [2.24, 2.45) is 0 Å². The Morgan fingerprint density at radius 2 is 2.11 bits per heavy atom. The van der Waals surface area contributed by atoms with E-state index in [2.05, 4.69) is 5.32 Å². The van der Waals surface area contributed by atoms with Crippen molar-refractivity contribution in [2.75, 3.05) is 16.8 Å². The van der Waals surface area contributed by atoms with Gasteiger partial charge in [0.2, 0.25) is 5.91 Å². The summed E-state index contributed by atoms with van der Waals surface area (Å²) in [6.07, 6.45) is 3.17. The fourth-order valence-electron chi connectivity index (χ4n) is 1.42. The topological polar surface area (TPSA) is 63.2 Å². The maximum atomic E-state index is 11.6. The number of allylic oxidation sites excluding steroid dienone is 1. The van der Waals surface area contributed by atoms with E-state index in [1.54, 1.807) is 31.2 Å². The molecule has 0 fully saturated rings. The van der Waals surface area contributed by atoms with Crippen LogP contribution in [-0.4, -0.2) is 25.8 Å². The standard InChI is InChI=1S/C13H17NO3S/c1-3-4-8-18(16,17)10-13(15)14-12-7-5-6-11(2)9-12/h3-7,9H,8,10H2,1-2H3,(H,14,15)/b4-3+. The molecule has 0 saturated carbocycles. The van der Waals surface area contributed by atoms with E-state index in [4.69, 9.17) is 0 Å². The van der Waals surface area contributed by atoms with Gasteiger partial charge in [0.25, 0.3) is 0 Å². The number of carbonyl (C=O) groups excluding carboxylic acids is 1. The molecule has 0 aromatic heterocycles. The van der Waals surface area contributed by atoms with Crippen LogP contribution in [0, 0.1) is 6.92 Å². The van der Waals surface area contributed by atoms with Crippen molar-refractivity contribution in [3.05, 3.63) is 42.0 Å². The first-order chi connectivity index (χ1) is 8.43. The van der Waals surface area contributed by atoms with Crippen LogP contribution in [0.15, 0.2) is 36.4 Å². The lowest BCUT2D eigenvalue weighted by atomic mass is 10.2. The SMILES string of the molecule is C/C=C/CS(=O)(=O)CC(=O)Nc1cccc(C)c1. The van der Waals surface area contributed by atoms with Crippen LogP contribution in [0.3, 0.4) is 0 Å². The zero-order valence-corrected chi connectivity index (χ0v) is 11.3. The van der Waals surface area contributed by atoms with E-state index in [9.17, 15) is 13.2 Å². The van der Waals surface area contributed by atoms with Gasteiger partial charge in [-0.2, -0.15) is 0 Å². The van der Waals surface area contributed by atoms with Crippen molar-refractivity contribution >= 4 is 21.4 Å². The summed E-state index contributed by atoms with van der Waals surface area (Å²) in [5.41, 5.74) is 1.62. The molecule has 1 N–H and O–H groups in total. The zero-order chi connectivity index (χ0) is 13.6. The van der Waals surface area contributed by atoms with Gasteiger partial charge in [0, 0.05) is 5.69 Å². The number of aryl methyl sites for hydroxylation is 1. The number of amides is 1. The highest BCUT2D eigenvalue weighted by Gasteiger charge is 2.15. The fraction of sp³-hybridized carbons (Fsp3) is 0.308. The molecule has 0 saturated heterocycles. The Morgan fingerprint density at radius 1 is 1.39 bits per heavy atom. The second-order valence-corrected chi connectivity index (χ2v) is 6.15. The molecule has 98 valence electrons.